The minimum absolute atomic E-state index is 0.128. The summed E-state index contributed by atoms with van der Waals surface area (Å²) in [7, 11) is 1.71. The number of carbonyl (C=O) groups is 1. The number of halogens is 1. The Morgan fingerprint density at radius 2 is 2.12 bits per heavy atom. The summed E-state index contributed by atoms with van der Waals surface area (Å²) < 4.78 is 25.0. The van der Waals surface area contributed by atoms with Gasteiger partial charge in [0.05, 0.1) is 30.5 Å². The number of nitrogens with one attached hydrogen (secondary N) is 1. The number of pyridine rings is 2. The maximum absolute atomic E-state index is 13.8. The quantitative estimate of drug-likeness (QED) is 0.502. The number of benzene rings is 1. The van der Waals surface area contributed by atoms with Gasteiger partial charge in [-0.2, -0.15) is 5.10 Å². The van der Waals surface area contributed by atoms with Crippen LogP contribution in [0.25, 0.3) is 22.2 Å². The Morgan fingerprint density at radius 1 is 1.25 bits per heavy atom. The highest BCUT2D eigenvalue weighted by atomic mass is 19.1. The second-order valence-electron chi connectivity index (χ2n) is 7.65. The van der Waals surface area contributed by atoms with E-state index in [-0.39, 0.29) is 17.8 Å². The molecule has 0 atom stereocenters. The number of fused-ring (bicyclic) bond motifs is 1. The number of carbonyl (C=O) groups excluding carboxylic acids is 1. The molecule has 0 radical (unpaired) electrons. The van der Waals surface area contributed by atoms with E-state index in [9.17, 15) is 9.18 Å². The fourth-order valence-electron chi connectivity index (χ4n) is 3.56. The third-order valence-corrected chi connectivity index (χ3v) is 5.29. The van der Waals surface area contributed by atoms with E-state index in [2.05, 4.69) is 20.2 Å². The van der Waals surface area contributed by atoms with Gasteiger partial charge < -0.3 is 14.4 Å². The van der Waals surface area contributed by atoms with Gasteiger partial charge in [-0.1, -0.05) is 12.1 Å². The number of aromatic amines is 1. The van der Waals surface area contributed by atoms with Crippen LogP contribution in [0, 0.1) is 5.82 Å². The normalized spacial score (nSPS) is 13.7. The molecule has 9 heteroatoms. The molecule has 0 aliphatic carbocycles. The van der Waals surface area contributed by atoms with Crippen LogP contribution in [0.2, 0.25) is 0 Å². The molecule has 32 heavy (non-hydrogen) atoms. The molecule has 0 spiro atoms. The fraction of sp³-hybridized carbons (Fsp3) is 0.217. The Bertz CT molecular complexity index is 1290. The largest absolute Gasteiger partial charge is 0.483 e. The van der Waals surface area contributed by atoms with Gasteiger partial charge in [0.2, 0.25) is 0 Å². The molecule has 4 aromatic rings. The van der Waals surface area contributed by atoms with Crippen LogP contribution in [0.1, 0.15) is 15.9 Å². The second-order valence-corrected chi connectivity index (χ2v) is 7.65. The van der Waals surface area contributed by atoms with E-state index in [1.807, 2.05) is 0 Å². The Hall–Kier alpha value is -3.85. The first-order valence-electron chi connectivity index (χ1n) is 10.1. The second kappa shape index (κ2) is 8.35. The topological polar surface area (TPSA) is 93.2 Å². The number of hydrogen-bond acceptors (Lipinski definition) is 6. The van der Waals surface area contributed by atoms with Crippen molar-refractivity contribution in [3.05, 3.63) is 72.1 Å². The monoisotopic (exact) mass is 433 g/mol. The number of ether oxygens (including phenoxy) is 2. The van der Waals surface area contributed by atoms with Crippen LogP contribution >= 0.6 is 0 Å². The molecule has 1 aliphatic heterocycles. The molecule has 5 rings (SSSR count). The molecular weight excluding hydrogens is 413 g/mol. The summed E-state index contributed by atoms with van der Waals surface area (Å²) in [6.07, 6.45) is 6.47. The molecular formula is C23H20FN5O3. The zero-order valence-electron chi connectivity index (χ0n) is 17.3. The van der Waals surface area contributed by atoms with Gasteiger partial charge in [-0.3, -0.25) is 19.9 Å². The number of amides is 1. The predicted molar refractivity (Wildman–Crippen MR) is 115 cm³/mol. The first-order chi connectivity index (χ1) is 15.6. The highest BCUT2D eigenvalue weighted by molar-refractivity contribution is 5.95. The third-order valence-electron chi connectivity index (χ3n) is 5.29. The zero-order chi connectivity index (χ0) is 22.1. The van der Waals surface area contributed by atoms with E-state index in [4.69, 9.17) is 9.47 Å². The van der Waals surface area contributed by atoms with E-state index in [0.29, 0.717) is 42.3 Å². The summed E-state index contributed by atoms with van der Waals surface area (Å²) in [5.74, 6) is -0.182. The van der Waals surface area contributed by atoms with Crippen molar-refractivity contribution in [3.8, 4) is 17.0 Å². The molecule has 1 fully saturated rings. The maximum atomic E-state index is 13.8. The third kappa shape index (κ3) is 3.90. The van der Waals surface area contributed by atoms with E-state index < -0.39 is 0 Å². The number of rotatable bonds is 6. The van der Waals surface area contributed by atoms with E-state index in [0.717, 1.165) is 16.5 Å². The Morgan fingerprint density at radius 3 is 2.91 bits per heavy atom. The molecule has 8 nitrogen and oxygen atoms in total. The van der Waals surface area contributed by atoms with Crippen molar-refractivity contribution < 1.29 is 18.7 Å². The predicted octanol–water partition coefficient (Wildman–Crippen LogP) is 3.21. The molecule has 1 saturated heterocycles. The number of H-pyrrole nitrogens is 1. The molecule has 0 bridgehead atoms. The average Bonchev–Trinajstić information content (AvgIpc) is 3.25. The lowest BCUT2D eigenvalue weighted by atomic mass is 10.1. The van der Waals surface area contributed by atoms with Gasteiger partial charge in [-0.25, -0.2) is 4.39 Å². The highest BCUT2D eigenvalue weighted by Gasteiger charge is 2.24. The highest BCUT2D eigenvalue weighted by Crippen LogP contribution is 2.31. The lowest BCUT2D eigenvalue weighted by Gasteiger charge is -2.28. The van der Waals surface area contributed by atoms with E-state index in [1.54, 1.807) is 48.7 Å². The summed E-state index contributed by atoms with van der Waals surface area (Å²) in [5.41, 5.74) is 3.11. The van der Waals surface area contributed by atoms with E-state index >= 15 is 0 Å². The van der Waals surface area contributed by atoms with Crippen molar-refractivity contribution in [1.29, 1.82) is 0 Å². The molecule has 1 amide bonds. The van der Waals surface area contributed by atoms with Crippen LogP contribution in [0.15, 0.2) is 55.1 Å². The number of hydrogen-bond donors (Lipinski definition) is 1. The minimum atomic E-state index is -0.372. The number of aromatic nitrogens is 4. The molecule has 1 aliphatic rings. The Kier molecular flexibility index (Phi) is 5.24. The first-order valence-corrected chi connectivity index (χ1v) is 10.1. The maximum Gasteiger partial charge on any atom is 0.255 e. The molecule has 1 aromatic carbocycles. The van der Waals surface area contributed by atoms with Crippen molar-refractivity contribution in [2.45, 2.75) is 12.6 Å². The van der Waals surface area contributed by atoms with Gasteiger partial charge in [-0.05, 0) is 18.2 Å². The van der Waals surface area contributed by atoms with Gasteiger partial charge in [-0.15, -0.1) is 0 Å². The molecule has 1 N–H and O–H groups in total. The first kappa shape index (κ1) is 20.1. The summed E-state index contributed by atoms with van der Waals surface area (Å²) in [4.78, 5) is 23.4. The lowest BCUT2D eigenvalue weighted by Crippen LogP contribution is -2.38. The van der Waals surface area contributed by atoms with Crippen LogP contribution in [0.3, 0.4) is 0 Å². The van der Waals surface area contributed by atoms with Gasteiger partial charge in [0, 0.05) is 48.7 Å². The Balaban J connectivity index is 1.43. The van der Waals surface area contributed by atoms with E-state index in [1.165, 1.54) is 18.3 Å². The summed E-state index contributed by atoms with van der Waals surface area (Å²) >= 11 is 0. The molecule has 162 valence electrons. The van der Waals surface area contributed by atoms with Crippen molar-refractivity contribution in [3.63, 3.8) is 0 Å². The van der Waals surface area contributed by atoms with Crippen molar-refractivity contribution in [1.82, 2.24) is 25.1 Å². The lowest BCUT2D eigenvalue weighted by molar-refractivity contribution is -0.0795. The van der Waals surface area contributed by atoms with Crippen LogP contribution < -0.4 is 4.74 Å². The summed E-state index contributed by atoms with van der Waals surface area (Å²) in [6.45, 7) is 1.26. The van der Waals surface area contributed by atoms with Crippen molar-refractivity contribution >= 4 is 16.8 Å². The van der Waals surface area contributed by atoms with Crippen molar-refractivity contribution in [2.24, 2.45) is 0 Å². The van der Waals surface area contributed by atoms with Gasteiger partial charge in [0.15, 0.2) is 0 Å². The van der Waals surface area contributed by atoms with Crippen molar-refractivity contribution in [2.75, 3.05) is 20.3 Å². The van der Waals surface area contributed by atoms with Crippen LogP contribution in [0.4, 0.5) is 4.39 Å². The minimum Gasteiger partial charge on any atom is -0.483 e. The van der Waals surface area contributed by atoms with Crippen LogP contribution in [0.5, 0.6) is 5.75 Å². The van der Waals surface area contributed by atoms with Gasteiger partial charge >= 0.3 is 0 Å². The van der Waals surface area contributed by atoms with Gasteiger partial charge in [0.25, 0.3) is 5.91 Å². The SMILES string of the molecule is CN(Cc1cncc2cn[nH]c12)C(=O)c1cnc(-c2cccc(F)c2)c(OC2COC2)c1. The molecule has 0 saturated carbocycles. The van der Waals surface area contributed by atoms with Crippen LogP contribution in [-0.2, 0) is 11.3 Å². The summed E-state index contributed by atoms with van der Waals surface area (Å²) in [6, 6.07) is 7.77. The zero-order valence-corrected chi connectivity index (χ0v) is 17.3. The summed E-state index contributed by atoms with van der Waals surface area (Å²) in [5, 5.41) is 7.86. The van der Waals surface area contributed by atoms with Gasteiger partial charge in [0.1, 0.15) is 23.4 Å². The molecule has 4 heterocycles. The molecule has 3 aromatic heterocycles. The number of nitrogens with zero attached hydrogens (tertiary/aromatic N) is 4. The molecule has 0 unspecified atom stereocenters. The average molecular weight is 433 g/mol. The van der Waals surface area contributed by atoms with Crippen LogP contribution in [-0.4, -0.2) is 57.3 Å². The Labute approximate surface area is 183 Å². The fourth-order valence-corrected chi connectivity index (χ4v) is 3.56. The smallest absolute Gasteiger partial charge is 0.255 e. The standard InChI is InChI=1S/C23H20FN5O3/c1-29(11-17-8-25-7-16-10-27-28-21(16)17)23(30)15-6-20(32-19-12-31-13-19)22(26-9-15)14-3-2-4-18(24)5-14/h2-10,19H,11-13H2,1H3,(H,27,28).